The van der Waals surface area contributed by atoms with Gasteiger partial charge < -0.3 is 9.80 Å². The van der Waals surface area contributed by atoms with E-state index in [1.54, 1.807) is 4.90 Å². The summed E-state index contributed by atoms with van der Waals surface area (Å²) < 4.78 is 0. The van der Waals surface area contributed by atoms with E-state index in [0.717, 1.165) is 30.0 Å². The molecule has 94 valence electrons. The fourth-order valence-electron chi connectivity index (χ4n) is 1.55. The maximum atomic E-state index is 12.0. The highest BCUT2D eigenvalue weighted by atomic mass is 32.1. The molecule has 17 heavy (non-hydrogen) atoms. The lowest BCUT2D eigenvalue weighted by atomic mass is 10.2. The Hall–Kier alpha value is -1.00. The molecule has 0 fully saturated rings. The molecule has 0 saturated carbocycles. The fraction of sp³-hybridized carbons (Fsp3) is 0.462. The van der Waals surface area contributed by atoms with Crippen molar-refractivity contribution in [3.8, 4) is 0 Å². The topological polar surface area (TPSA) is 23.6 Å². The number of thiol groups is 1. The number of amides is 1. The van der Waals surface area contributed by atoms with Crippen LogP contribution in [-0.4, -0.2) is 49.9 Å². The molecule has 4 heteroatoms. The molecule has 0 spiro atoms. The summed E-state index contributed by atoms with van der Waals surface area (Å²) >= 11 is 4.20. The van der Waals surface area contributed by atoms with Crippen molar-refractivity contribution >= 4 is 18.5 Å². The summed E-state index contributed by atoms with van der Waals surface area (Å²) in [4.78, 5) is 16.8. The molecule has 0 heterocycles. The van der Waals surface area contributed by atoms with Crippen LogP contribution in [0.25, 0.3) is 0 Å². The van der Waals surface area contributed by atoms with Crippen LogP contribution >= 0.6 is 12.6 Å². The zero-order valence-corrected chi connectivity index (χ0v) is 11.6. The molecule has 1 amide bonds. The van der Waals surface area contributed by atoms with Crippen molar-refractivity contribution in [3.05, 3.63) is 29.8 Å². The Morgan fingerprint density at radius 1 is 1.12 bits per heavy atom. The molecule has 1 aromatic carbocycles. The first-order valence-corrected chi connectivity index (χ1v) is 6.14. The Labute approximate surface area is 109 Å². The first-order valence-electron chi connectivity index (χ1n) is 5.70. The van der Waals surface area contributed by atoms with E-state index in [1.807, 2.05) is 45.4 Å². The van der Waals surface area contributed by atoms with Gasteiger partial charge in [-0.1, -0.05) is 0 Å². The van der Waals surface area contributed by atoms with Gasteiger partial charge in [0, 0.05) is 24.1 Å². The number of carbonyl (C=O) groups is 1. The normalized spacial score (nSPS) is 10.6. The first-order chi connectivity index (χ1) is 8.00. The van der Waals surface area contributed by atoms with E-state index >= 15 is 0 Å². The van der Waals surface area contributed by atoms with Gasteiger partial charge in [0.1, 0.15) is 0 Å². The summed E-state index contributed by atoms with van der Waals surface area (Å²) in [5, 5.41) is 0. The van der Waals surface area contributed by atoms with Gasteiger partial charge in [-0.2, -0.15) is 0 Å². The van der Waals surface area contributed by atoms with Gasteiger partial charge >= 0.3 is 0 Å². The van der Waals surface area contributed by atoms with E-state index in [4.69, 9.17) is 0 Å². The van der Waals surface area contributed by atoms with Gasteiger partial charge in [-0.05, 0) is 51.3 Å². The van der Waals surface area contributed by atoms with Gasteiger partial charge in [0.15, 0.2) is 0 Å². The second-order valence-corrected chi connectivity index (χ2v) is 4.95. The number of benzene rings is 1. The number of hydrogen-bond donors (Lipinski definition) is 1. The molecule has 0 N–H and O–H groups in total. The minimum Gasteiger partial charge on any atom is -0.342 e. The largest absolute Gasteiger partial charge is 0.342 e. The molecule has 1 rings (SSSR count). The van der Waals surface area contributed by atoms with Crippen LogP contribution in [0.2, 0.25) is 0 Å². The van der Waals surface area contributed by atoms with E-state index in [2.05, 4.69) is 17.5 Å². The van der Waals surface area contributed by atoms with Crippen LogP contribution in [0, 0.1) is 0 Å². The lowest BCUT2D eigenvalue weighted by Gasteiger charge is -2.18. The van der Waals surface area contributed by atoms with Crippen molar-refractivity contribution in [1.82, 2.24) is 9.80 Å². The molecule has 1 aromatic rings. The predicted molar refractivity (Wildman–Crippen MR) is 73.8 cm³/mol. The Bertz CT molecular complexity index is 362. The summed E-state index contributed by atoms with van der Waals surface area (Å²) in [6.07, 6.45) is 0.986. The second-order valence-electron chi connectivity index (χ2n) is 4.43. The average Bonchev–Trinajstić information content (AvgIpc) is 2.28. The molecule has 0 aromatic heterocycles. The molecule has 0 aliphatic carbocycles. The molecule has 0 bridgehead atoms. The summed E-state index contributed by atoms with van der Waals surface area (Å²) in [6, 6.07) is 7.30. The molecule has 0 atom stereocenters. The van der Waals surface area contributed by atoms with E-state index in [9.17, 15) is 4.79 Å². The quantitative estimate of drug-likeness (QED) is 0.810. The molecule has 3 nitrogen and oxygen atoms in total. The van der Waals surface area contributed by atoms with Gasteiger partial charge in [0.2, 0.25) is 0 Å². The number of nitrogens with zero attached hydrogens (tertiary/aromatic N) is 2. The van der Waals surface area contributed by atoms with Crippen LogP contribution in [0.3, 0.4) is 0 Å². The highest BCUT2D eigenvalue weighted by Gasteiger charge is 2.10. The van der Waals surface area contributed by atoms with Crippen molar-refractivity contribution in [2.24, 2.45) is 0 Å². The monoisotopic (exact) mass is 252 g/mol. The Balaban J connectivity index is 2.49. The second kappa shape index (κ2) is 6.67. The molecule has 0 aliphatic heterocycles. The van der Waals surface area contributed by atoms with Crippen LogP contribution in [0.5, 0.6) is 0 Å². The maximum absolute atomic E-state index is 12.0. The minimum absolute atomic E-state index is 0.0667. The van der Waals surface area contributed by atoms with Crippen LogP contribution in [0.4, 0.5) is 0 Å². The van der Waals surface area contributed by atoms with E-state index in [1.165, 1.54) is 0 Å². The molecule has 0 saturated heterocycles. The van der Waals surface area contributed by atoms with Crippen molar-refractivity contribution in [2.45, 2.75) is 11.3 Å². The summed E-state index contributed by atoms with van der Waals surface area (Å²) in [7, 11) is 5.91. The van der Waals surface area contributed by atoms with E-state index < -0.39 is 0 Å². The van der Waals surface area contributed by atoms with Crippen LogP contribution in [0.1, 0.15) is 16.8 Å². The van der Waals surface area contributed by atoms with Crippen LogP contribution < -0.4 is 0 Å². The Morgan fingerprint density at radius 2 is 1.71 bits per heavy atom. The third kappa shape index (κ3) is 4.79. The highest BCUT2D eigenvalue weighted by molar-refractivity contribution is 7.80. The van der Waals surface area contributed by atoms with Crippen molar-refractivity contribution in [3.63, 3.8) is 0 Å². The molecule has 0 unspecified atom stereocenters. The zero-order chi connectivity index (χ0) is 12.8. The number of hydrogen-bond acceptors (Lipinski definition) is 3. The standard InChI is InChI=1S/C13H20N2OS/c1-14(2)9-4-10-15(3)13(16)11-5-7-12(17)8-6-11/h5-8,17H,4,9-10H2,1-3H3. The van der Waals surface area contributed by atoms with E-state index in [-0.39, 0.29) is 5.91 Å². The fourth-order valence-corrected chi connectivity index (χ4v) is 1.70. The van der Waals surface area contributed by atoms with Crippen molar-refractivity contribution in [2.75, 3.05) is 34.2 Å². The molecule has 0 radical (unpaired) electrons. The van der Waals surface area contributed by atoms with Crippen LogP contribution in [0.15, 0.2) is 29.2 Å². The third-order valence-electron chi connectivity index (χ3n) is 2.56. The molecule has 0 aliphatic rings. The zero-order valence-electron chi connectivity index (χ0n) is 10.7. The SMILES string of the molecule is CN(C)CCCN(C)C(=O)c1ccc(S)cc1. The van der Waals surface area contributed by atoms with Gasteiger partial charge in [-0.15, -0.1) is 12.6 Å². The number of carbonyl (C=O) groups excluding carboxylic acids is 1. The van der Waals surface area contributed by atoms with Gasteiger partial charge in [-0.25, -0.2) is 0 Å². The Morgan fingerprint density at radius 3 is 2.24 bits per heavy atom. The van der Waals surface area contributed by atoms with Gasteiger partial charge in [0.25, 0.3) is 5.91 Å². The third-order valence-corrected chi connectivity index (χ3v) is 2.86. The summed E-state index contributed by atoms with van der Waals surface area (Å²) in [5.41, 5.74) is 0.718. The lowest BCUT2D eigenvalue weighted by Crippen LogP contribution is -2.29. The molecular formula is C13H20N2OS. The Kier molecular flexibility index (Phi) is 5.51. The summed E-state index contributed by atoms with van der Waals surface area (Å²) in [5.74, 6) is 0.0667. The smallest absolute Gasteiger partial charge is 0.253 e. The maximum Gasteiger partial charge on any atom is 0.253 e. The minimum atomic E-state index is 0.0667. The van der Waals surface area contributed by atoms with Crippen molar-refractivity contribution < 1.29 is 4.79 Å². The molecular weight excluding hydrogens is 232 g/mol. The van der Waals surface area contributed by atoms with Crippen molar-refractivity contribution in [1.29, 1.82) is 0 Å². The predicted octanol–water partition coefficient (Wildman–Crippen LogP) is 2.00. The van der Waals surface area contributed by atoms with Gasteiger partial charge in [0.05, 0.1) is 0 Å². The highest BCUT2D eigenvalue weighted by Crippen LogP contribution is 2.09. The number of rotatable bonds is 5. The lowest BCUT2D eigenvalue weighted by molar-refractivity contribution is 0.0790. The van der Waals surface area contributed by atoms with E-state index in [0.29, 0.717) is 0 Å². The van der Waals surface area contributed by atoms with Crippen LogP contribution in [-0.2, 0) is 0 Å². The summed E-state index contributed by atoms with van der Waals surface area (Å²) in [6.45, 7) is 1.77. The first kappa shape index (κ1) is 14.1. The van der Waals surface area contributed by atoms with Gasteiger partial charge in [-0.3, -0.25) is 4.79 Å². The average molecular weight is 252 g/mol.